The highest BCUT2D eigenvalue weighted by molar-refractivity contribution is 7.59. The minimum Gasteiger partial charge on any atom is -0.412 e. The Kier molecular flexibility index (Phi) is 16.4. The second-order valence-electron chi connectivity index (χ2n) is 5.23. The lowest BCUT2D eigenvalue weighted by atomic mass is 9.86. The normalized spacial score (nSPS) is 18.2. The molecule has 1 aliphatic rings. The molecule has 1 fully saturated rings. The van der Waals surface area contributed by atoms with E-state index in [2.05, 4.69) is 16.0 Å². The third kappa shape index (κ3) is 7.85. The summed E-state index contributed by atoms with van der Waals surface area (Å²) in [4.78, 5) is 4.45. The van der Waals surface area contributed by atoms with E-state index >= 15 is 0 Å². The number of thiazole rings is 1. The second kappa shape index (κ2) is 14.2. The highest BCUT2D eigenvalue weighted by Gasteiger charge is 2.20. The number of aromatic nitrogens is 1. The van der Waals surface area contributed by atoms with E-state index in [0.29, 0.717) is 12.0 Å². The molecule has 1 heterocycles. The van der Waals surface area contributed by atoms with E-state index < -0.39 is 0 Å². The van der Waals surface area contributed by atoms with Crippen LogP contribution in [0.15, 0.2) is 18.2 Å². The highest BCUT2D eigenvalue weighted by atomic mass is 32.1. The monoisotopic (exact) mass is 402 g/mol. The number of benzene rings is 1. The van der Waals surface area contributed by atoms with E-state index in [4.69, 9.17) is 5.73 Å². The van der Waals surface area contributed by atoms with Crippen molar-refractivity contribution in [2.75, 3.05) is 18.9 Å². The molecule has 2 aromatic rings. The summed E-state index contributed by atoms with van der Waals surface area (Å²) in [5.74, 6) is 0.454. The largest absolute Gasteiger partial charge is 0.412 e. The maximum Gasteiger partial charge on any atom is 0.184 e. The third-order valence-electron chi connectivity index (χ3n) is 3.86. The fourth-order valence-corrected chi connectivity index (χ4v) is 3.60. The molecule has 0 bridgehead atoms. The van der Waals surface area contributed by atoms with Crippen molar-refractivity contribution in [1.29, 1.82) is 0 Å². The lowest BCUT2D eigenvalue weighted by molar-refractivity contribution is 0.345. The van der Waals surface area contributed by atoms with Gasteiger partial charge in [0, 0.05) is 16.4 Å². The first kappa shape index (κ1) is 28.8. The predicted octanol–water partition coefficient (Wildman–Crippen LogP) is 2.78. The van der Waals surface area contributed by atoms with Gasteiger partial charge in [-0.25, -0.2) is 9.37 Å². The van der Waals surface area contributed by atoms with Gasteiger partial charge < -0.3 is 27.7 Å². The molecule has 25 heavy (non-hydrogen) atoms. The van der Waals surface area contributed by atoms with Gasteiger partial charge in [0.25, 0.3) is 0 Å². The van der Waals surface area contributed by atoms with Crippen molar-refractivity contribution in [3.8, 4) is 0 Å². The van der Waals surface area contributed by atoms with Gasteiger partial charge in [0.1, 0.15) is 5.82 Å². The standard InChI is InChI=1S/C14H18FN3S.CH5N.CH4.2H2O.H2S.3H2/c15-10-3-6-13-12(7-10)18-14(19-13)17-11-4-1-9(8-16)2-5-11;1-2;;;;;;;/h3,6-7,9,11H,1-2,4-5,8,16H2,(H,17,18);2H2,1H3;1H4;3*1H2;3*1H. The van der Waals surface area contributed by atoms with Crippen LogP contribution in [-0.4, -0.2) is 35.6 Å². The quantitative estimate of drug-likeness (QED) is 0.726. The van der Waals surface area contributed by atoms with E-state index in [1.807, 2.05) is 0 Å². The molecule has 0 unspecified atom stereocenters. The molecular weight excluding hydrogens is 363 g/mol. The fourth-order valence-electron chi connectivity index (χ4n) is 2.68. The van der Waals surface area contributed by atoms with Gasteiger partial charge in [-0.15, -0.1) is 0 Å². The maximum absolute atomic E-state index is 13.1. The van der Waals surface area contributed by atoms with Crippen LogP contribution in [0.1, 0.15) is 37.4 Å². The minimum atomic E-state index is -0.229. The fraction of sp³-hybridized carbons (Fsp3) is 0.562. The molecule has 9 heteroatoms. The van der Waals surface area contributed by atoms with Crippen LogP contribution >= 0.6 is 24.8 Å². The van der Waals surface area contributed by atoms with Crippen molar-refractivity contribution in [3.05, 3.63) is 24.0 Å². The molecule has 0 radical (unpaired) electrons. The topological polar surface area (TPSA) is 140 Å². The molecule has 0 atom stereocenters. The van der Waals surface area contributed by atoms with Crippen LogP contribution < -0.4 is 16.8 Å². The number of hydrogen-bond acceptors (Lipinski definition) is 5. The lowest BCUT2D eigenvalue weighted by Crippen LogP contribution is -2.28. The molecule has 1 aromatic heterocycles. The van der Waals surface area contributed by atoms with Crippen molar-refractivity contribution in [1.82, 2.24) is 4.98 Å². The van der Waals surface area contributed by atoms with E-state index in [1.165, 1.54) is 32.0 Å². The Morgan fingerprint density at radius 1 is 1.24 bits per heavy atom. The zero-order valence-corrected chi connectivity index (χ0v) is 15.6. The Morgan fingerprint density at radius 3 is 2.40 bits per heavy atom. The van der Waals surface area contributed by atoms with Crippen molar-refractivity contribution >= 4 is 40.2 Å². The Hall–Kier alpha value is -0.970. The molecule has 154 valence electrons. The average molecular weight is 403 g/mol. The average Bonchev–Trinajstić information content (AvgIpc) is 2.91. The lowest BCUT2D eigenvalue weighted by Gasteiger charge is -2.28. The highest BCUT2D eigenvalue weighted by Crippen LogP contribution is 2.30. The SMILES string of the molecule is C.CN.NCC1CCC(Nc2nc3cc(F)ccc3s2)CC1.O.O.S.[HH].[HH].[HH]. The summed E-state index contributed by atoms with van der Waals surface area (Å²) < 4.78 is 14.1. The van der Waals surface area contributed by atoms with Gasteiger partial charge in [-0.2, -0.15) is 13.5 Å². The Morgan fingerprint density at radius 2 is 1.84 bits per heavy atom. The van der Waals surface area contributed by atoms with Crippen LogP contribution in [0, 0.1) is 11.7 Å². The number of hydrogen-bond donors (Lipinski definition) is 3. The van der Waals surface area contributed by atoms with E-state index in [0.717, 1.165) is 34.7 Å². The summed E-state index contributed by atoms with van der Waals surface area (Å²) in [5.41, 5.74) is 10.9. The van der Waals surface area contributed by atoms with Crippen molar-refractivity contribution in [2.24, 2.45) is 17.4 Å². The van der Waals surface area contributed by atoms with Crippen molar-refractivity contribution < 1.29 is 19.6 Å². The number of nitrogens with one attached hydrogen (secondary N) is 1. The van der Waals surface area contributed by atoms with E-state index in [-0.39, 0.29) is 42.0 Å². The Balaban J connectivity index is -0.000000130. The maximum atomic E-state index is 13.1. The summed E-state index contributed by atoms with van der Waals surface area (Å²) in [6, 6.07) is 5.24. The zero-order valence-electron chi connectivity index (χ0n) is 13.8. The number of rotatable bonds is 3. The molecule has 1 saturated carbocycles. The number of nitrogens with two attached hydrogens (primary N) is 2. The first-order valence-corrected chi connectivity index (χ1v) is 8.16. The molecule has 1 aliphatic carbocycles. The van der Waals surface area contributed by atoms with Gasteiger partial charge in [-0.3, -0.25) is 0 Å². The van der Waals surface area contributed by atoms with E-state index in [1.54, 1.807) is 17.4 Å². The predicted molar refractivity (Wildman–Crippen MR) is 119 cm³/mol. The Bertz CT molecular complexity index is 592. The van der Waals surface area contributed by atoms with Crippen LogP contribution in [-0.2, 0) is 0 Å². The first-order valence-electron chi connectivity index (χ1n) is 7.35. The Labute approximate surface area is 164 Å². The van der Waals surface area contributed by atoms with E-state index in [9.17, 15) is 4.39 Å². The van der Waals surface area contributed by atoms with Gasteiger partial charge in [0.15, 0.2) is 5.13 Å². The summed E-state index contributed by atoms with van der Waals surface area (Å²) in [6.07, 6.45) is 4.67. The van der Waals surface area contributed by atoms with Crippen molar-refractivity contribution in [3.63, 3.8) is 0 Å². The number of halogens is 1. The summed E-state index contributed by atoms with van der Waals surface area (Å²) >= 11 is 1.59. The van der Waals surface area contributed by atoms with Crippen molar-refractivity contribution in [2.45, 2.75) is 39.2 Å². The minimum absolute atomic E-state index is 0. The van der Waals surface area contributed by atoms with Gasteiger partial charge >= 0.3 is 0 Å². The summed E-state index contributed by atoms with van der Waals surface area (Å²) in [7, 11) is 1.50. The molecule has 0 amide bonds. The molecule has 3 rings (SSSR count). The molecule has 9 N–H and O–H groups in total. The van der Waals surface area contributed by atoms with Crippen LogP contribution in [0.25, 0.3) is 10.2 Å². The van der Waals surface area contributed by atoms with Crippen LogP contribution in [0.5, 0.6) is 0 Å². The van der Waals surface area contributed by atoms with Gasteiger partial charge in [-0.1, -0.05) is 18.8 Å². The molecule has 0 spiro atoms. The first-order chi connectivity index (χ1) is 10.2. The molecule has 0 saturated heterocycles. The molecule has 0 aliphatic heterocycles. The summed E-state index contributed by atoms with van der Waals surface area (Å²) in [5, 5.41) is 4.38. The molecule has 6 nitrogen and oxygen atoms in total. The van der Waals surface area contributed by atoms with Crippen LogP contribution in [0.2, 0.25) is 0 Å². The third-order valence-corrected chi connectivity index (χ3v) is 4.82. The number of nitrogens with zero attached hydrogens (tertiary/aromatic N) is 1. The zero-order chi connectivity index (χ0) is 15.2. The molecular formula is C16H39FN4O2S2. The summed E-state index contributed by atoms with van der Waals surface area (Å²) in [6.45, 7) is 0.799. The van der Waals surface area contributed by atoms with Gasteiger partial charge in [0.2, 0.25) is 0 Å². The van der Waals surface area contributed by atoms with Crippen LogP contribution in [0.3, 0.4) is 0 Å². The van der Waals surface area contributed by atoms with Gasteiger partial charge in [-0.05, 0) is 57.3 Å². The number of fused-ring (bicyclic) bond motifs is 1. The smallest absolute Gasteiger partial charge is 0.184 e. The van der Waals surface area contributed by atoms with Crippen LogP contribution in [0.4, 0.5) is 9.52 Å². The molecule has 1 aromatic carbocycles. The van der Waals surface area contributed by atoms with Gasteiger partial charge in [0.05, 0.1) is 10.2 Å². The number of anilines is 1. The second-order valence-corrected chi connectivity index (χ2v) is 6.26.